The van der Waals surface area contributed by atoms with Crippen molar-refractivity contribution in [2.45, 2.75) is 12.8 Å². The van der Waals surface area contributed by atoms with Crippen LogP contribution in [0.15, 0.2) is 84.9 Å². The first kappa shape index (κ1) is 25.4. The molecule has 0 radical (unpaired) electrons. The number of hydrogen-bond donors (Lipinski definition) is 5. The molecule has 0 aliphatic carbocycles. The fraction of sp³-hybridized carbons (Fsp3) is 0.200. The van der Waals surface area contributed by atoms with E-state index < -0.39 is 6.35 Å². The average Bonchev–Trinajstić information content (AvgIpc) is 2.95. The molecule has 1 aliphatic rings. The van der Waals surface area contributed by atoms with E-state index in [1.54, 1.807) is 12.1 Å². The predicted octanol–water partition coefficient (Wildman–Crippen LogP) is 3.84. The molecule has 38 heavy (non-hydrogen) atoms. The molecule has 0 saturated carbocycles. The van der Waals surface area contributed by atoms with Crippen LogP contribution in [0.3, 0.4) is 0 Å². The molecule has 2 amide bonds. The van der Waals surface area contributed by atoms with Crippen LogP contribution in [0.4, 0.5) is 11.4 Å². The highest BCUT2D eigenvalue weighted by Crippen LogP contribution is 2.30. The fourth-order valence-electron chi connectivity index (χ4n) is 4.72. The Bertz CT molecular complexity index is 1390. The van der Waals surface area contributed by atoms with Crippen molar-refractivity contribution in [1.82, 2.24) is 10.2 Å². The van der Waals surface area contributed by atoms with E-state index in [9.17, 15) is 14.7 Å². The molecule has 1 atom stereocenters. The minimum atomic E-state index is -0.855. The van der Waals surface area contributed by atoms with Crippen molar-refractivity contribution < 1.29 is 14.7 Å². The highest BCUT2D eigenvalue weighted by Gasteiger charge is 2.32. The Morgan fingerprint density at radius 2 is 1.34 bits per heavy atom. The van der Waals surface area contributed by atoms with Gasteiger partial charge in [0, 0.05) is 54.1 Å². The molecule has 0 spiro atoms. The van der Waals surface area contributed by atoms with Crippen molar-refractivity contribution in [2.24, 2.45) is 5.73 Å². The number of aliphatic hydroxyl groups excluding tert-OH is 1. The van der Waals surface area contributed by atoms with Gasteiger partial charge in [0.25, 0.3) is 11.8 Å². The van der Waals surface area contributed by atoms with Crippen LogP contribution in [0, 0.1) is 0 Å². The van der Waals surface area contributed by atoms with Crippen molar-refractivity contribution in [3.8, 4) is 11.1 Å². The molecule has 1 aliphatic heterocycles. The zero-order chi connectivity index (χ0) is 26.5. The van der Waals surface area contributed by atoms with Crippen LogP contribution in [0.25, 0.3) is 21.9 Å². The third-order valence-electron chi connectivity index (χ3n) is 6.63. The van der Waals surface area contributed by atoms with E-state index in [1.165, 1.54) is 4.90 Å². The highest BCUT2D eigenvalue weighted by atomic mass is 16.3. The summed E-state index contributed by atoms with van der Waals surface area (Å²) < 4.78 is 0. The lowest BCUT2D eigenvalue weighted by Crippen LogP contribution is -2.41. The number of amides is 2. The summed E-state index contributed by atoms with van der Waals surface area (Å²) in [7, 11) is 0. The molecule has 0 fully saturated rings. The Morgan fingerprint density at radius 3 is 1.92 bits per heavy atom. The number of nitrogens with zero attached hydrogens (tertiary/aromatic N) is 1. The maximum absolute atomic E-state index is 13.0. The molecule has 194 valence electrons. The van der Waals surface area contributed by atoms with Crippen molar-refractivity contribution >= 4 is 34.0 Å². The summed E-state index contributed by atoms with van der Waals surface area (Å²) in [5.74, 6) is -0.461. The zero-order valence-electron chi connectivity index (χ0n) is 21.0. The third kappa shape index (κ3) is 5.38. The number of anilines is 2. The second kappa shape index (κ2) is 11.4. The van der Waals surface area contributed by atoms with E-state index in [0.717, 1.165) is 33.3 Å². The van der Waals surface area contributed by atoms with Crippen LogP contribution in [-0.2, 0) is 0 Å². The number of hydrogen-bond acceptors (Lipinski definition) is 7. The molecule has 0 saturated heterocycles. The molecule has 0 aromatic heterocycles. The molecule has 6 N–H and O–H groups in total. The fourth-order valence-corrected chi connectivity index (χ4v) is 4.72. The van der Waals surface area contributed by atoms with Gasteiger partial charge in [-0.05, 0) is 59.3 Å². The van der Waals surface area contributed by atoms with Gasteiger partial charge < -0.3 is 21.5 Å². The summed E-state index contributed by atoms with van der Waals surface area (Å²) in [4.78, 5) is 27.4. The first-order valence-electron chi connectivity index (χ1n) is 12.8. The van der Waals surface area contributed by atoms with E-state index >= 15 is 0 Å². The van der Waals surface area contributed by atoms with Crippen molar-refractivity contribution in [3.63, 3.8) is 0 Å². The van der Waals surface area contributed by atoms with Crippen LogP contribution >= 0.6 is 0 Å². The van der Waals surface area contributed by atoms with Gasteiger partial charge in [-0.1, -0.05) is 48.5 Å². The second-order valence-corrected chi connectivity index (χ2v) is 9.20. The standard InChI is InChI=1S/C30H31N5O3/c31-16-18-33-30(38)34-24-14-10-21(11-15-24)20-8-12-23(13-9-20)32-17-3-19-35-28(36)25-6-1-4-22-5-2-7-26(27(22)25)29(35)37/h1-2,4-15,30,32-34,38H,3,16-19,31H2. The molecule has 4 aromatic rings. The quantitative estimate of drug-likeness (QED) is 0.118. The van der Waals surface area contributed by atoms with Gasteiger partial charge >= 0.3 is 0 Å². The topological polar surface area (TPSA) is 120 Å². The van der Waals surface area contributed by atoms with Gasteiger partial charge in [-0.3, -0.25) is 19.8 Å². The van der Waals surface area contributed by atoms with Crippen LogP contribution in [0.2, 0.25) is 0 Å². The summed E-state index contributed by atoms with van der Waals surface area (Å²) >= 11 is 0. The SMILES string of the molecule is NCCNC(O)Nc1ccc(-c2ccc(NCCCN3C(=O)c4cccc5cccc(c45)C3=O)cc2)cc1. The number of imide groups is 1. The summed E-state index contributed by atoms with van der Waals surface area (Å²) in [5, 5.41) is 20.8. The molecular formula is C30H31N5O3. The summed E-state index contributed by atoms with van der Waals surface area (Å²) in [6.45, 7) is 1.95. The van der Waals surface area contributed by atoms with Gasteiger partial charge in [0.2, 0.25) is 0 Å². The van der Waals surface area contributed by atoms with Gasteiger partial charge in [-0.2, -0.15) is 0 Å². The second-order valence-electron chi connectivity index (χ2n) is 9.20. The Morgan fingerprint density at radius 1 is 0.763 bits per heavy atom. The minimum Gasteiger partial charge on any atom is -0.385 e. The average molecular weight is 510 g/mol. The largest absolute Gasteiger partial charge is 0.385 e. The molecule has 8 nitrogen and oxygen atoms in total. The monoisotopic (exact) mass is 509 g/mol. The molecule has 0 bridgehead atoms. The zero-order valence-corrected chi connectivity index (χ0v) is 21.0. The van der Waals surface area contributed by atoms with Crippen LogP contribution in [0.1, 0.15) is 27.1 Å². The molecule has 1 unspecified atom stereocenters. The number of aliphatic hydroxyl groups is 1. The summed E-state index contributed by atoms with van der Waals surface area (Å²) in [6, 6.07) is 27.1. The lowest BCUT2D eigenvalue weighted by atomic mass is 9.94. The normalized spacial score (nSPS) is 13.6. The predicted molar refractivity (Wildman–Crippen MR) is 151 cm³/mol. The van der Waals surface area contributed by atoms with E-state index in [0.29, 0.717) is 43.7 Å². The number of carbonyl (C=O) groups excluding carboxylic acids is 2. The van der Waals surface area contributed by atoms with Gasteiger partial charge in [0.1, 0.15) is 0 Å². The Balaban J connectivity index is 1.13. The van der Waals surface area contributed by atoms with E-state index in [4.69, 9.17) is 5.73 Å². The lowest BCUT2D eigenvalue weighted by Gasteiger charge is -2.27. The van der Waals surface area contributed by atoms with Gasteiger partial charge in [0.15, 0.2) is 6.35 Å². The van der Waals surface area contributed by atoms with Crippen LogP contribution in [0.5, 0.6) is 0 Å². The van der Waals surface area contributed by atoms with Crippen LogP contribution in [-0.4, -0.2) is 54.4 Å². The molecule has 1 heterocycles. The van der Waals surface area contributed by atoms with E-state index in [2.05, 4.69) is 16.0 Å². The maximum atomic E-state index is 13.0. The summed E-state index contributed by atoms with van der Waals surface area (Å²) in [6.07, 6.45) is -0.219. The van der Waals surface area contributed by atoms with Crippen molar-refractivity contribution in [3.05, 3.63) is 96.1 Å². The summed E-state index contributed by atoms with van der Waals surface area (Å²) in [5.41, 5.74) is 10.5. The molecule has 8 heteroatoms. The first-order valence-corrected chi connectivity index (χ1v) is 12.8. The maximum Gasteiger partial charge on any atom is 0.261 e. The van der Waals surface area contributed by atoms with Gasteiger partial charge in [-0.15, -0.1) is 0 Å². The smallest absolute Gasteiger partial charge is 0.261 e. The minimum absolute atomic E-state index is 0.230. The van der Waals surface area contributed by atoms with Gasteiger partial charge in [-0.25, -0.2) is 0 Å². The van der Waals surface area contributed by atoms with Crippen LogP contribution < -0.4 is 21.7 Å². The molecular weight excluding hydrogens is 478 g/mol. The van der Waals surface area contributed by atoms with Crippen molar-refractivity contribution in [1.29, 1.82) is 0 Å². The third-order valence-corrected chi connectivity index (χ3v) is 6.63. The van der Waals surface area contributed by atoms with E-state index in [1.807, 2.05) is 72.8 Å². The van der Waals surface area contributed by atoms with Crippen molar-refractivity contribution in [2.75, 3.05) is 36.8 Å². The van der Waals surface area contributed by atoms with E-state index in [-0.39, 0.29) is 11.8 Å². The number of nitrogens with two attached hydrogens (primary N) is 1. The Hall–Kier alpha value is -4.24. The number of rotatable bonds is 11. The number of carbonyl (C=O) groups is 2. The van der Waals surface area contributed by atoms with Gasteiger partial charge in [0.05, 0.1) is 0 Å². The molecule has 4 aromatic carbocycles. The molecule has 5 rings (SSSR count). The number of benzene rings is 4. The Labute approximate surface area is 221 Å². The Kier molecular flexibility index (Phi) is 7.65. The highest BCUT2D eigenvalue weighted by molar-refractivity contribution is 6.25. The first-order chi connectivity index (χ1) is 18.5. The number of nitrogens with one attached hydrogen (secondary N) is 3. The lowest BCUT2D eigenvalue weighted by molar-refractivity contribution is 0.0610.